The first-order valence-corrected chi connectivity index (χ1v) is 9.83. The Morgan fingerprint density at radius 3 is 2.19 bits per heavy atom. The Hall–Kier alpha value is -1.88. The van der Waals surface area contributed by atoms with Crippen LogP contribution in [-0.2, 0) is 17.6 Å². The van der Waals surface area contributed by atoms with Crippen molar-refractivity contribution < 1.29 is 9.59 Å². The molecule has 0 atom stereocenters. The highest BCUT2D eigenvalue weighted by molar-refractivity contribution is 6.07. The summed E-state index contributed by atoms with van der Waals surface area (Å²) in [4.78, 5) is 31.4. The van der Waals surface area contributed by atoms with Gasteiger partial charge in [0.25, 0.3) is 5.91 Å². The van der Waals surface area contributed by atoms with Crippen molar-refractivity contribution in [2.75, 3.05) is 26.7 Å². The molecule has 26 heavy (non-hydrogen) atoms. The lowest BCUT2D eigenvalue weighted by Crippen LogP contribution is -2.57. The fraction of sp³-hybridized carbons (Fsp3) is 0.619. The molecule has 0 unspecified atom stereocenters. The zero-order valence-electron chi connectivity index (χ0n) is 16.1. The maximum atomic E-state index is 13.1. The van der Waals surface area contributed by atoms with E-state index in [9.17, 15) is 9.59 Å². The van der Waals surface area contributed by atoms with Crippen LogP contribution in [0.5, 0.6) is 0 Å². The van der Waals surface area contributed by atoms with E-state index in [1.54, 1.807) is 4.90 Å². The monoisotopic (exact) mass is 355 g/mol. The largest absolute Gasteiger partial charge is 0.327 e. The lowest BCUT2D eigenvalue weighted by molar-refractivity contribution is -0.135. The number of benzene rings is 1. The molecule has 0 saturated carbocycles. The molecule has 2 fully saturated rings. The number of fused-ring (bicyclic) bond motifs is 1. The molecule has 0 radical (unpaired) electrons. The normalized spacial score (nSPS) is 23.5. The molecule has 140 valence electrons. The summed E-state index contributed by atoms with van der Waals surface area (Å²) in [5, 5.41) is 0. The van der Waals surface area contributed by atoms with Gasteiger partial charge in [0.2, 0.25) is 0 Å². The van der Waals surface area contributed by atoms with Gasteiger partial charge in [0, 0.05) is 32.7 Å². The number of hydrogen-bond donors (Lipinski definition) is 0. The molecule has 2 heterocycles. The van der Waals surface area contributed by atoms with Gasteiger partial charge in [-0.05, 0) is 42.7 Å². The Kier molecular flexibility index (Phi) is 4.30. The van der Waals surface area contributed by atoms with Crippen molar-refractivity contribution in [3.8, 4) is 0 Å². The fourth-order valence-electron chi connectivity index (χ4n) is 4.97. The maximum absolute atomic E-state index is 13.1. The molecule has 5 nitrogen and oxygen atoms in total. The molecule has 3 aliphatic rings. The van der Waals surface area contributed by atoms with Gasteiger partial charge in [0.15, 0.2) is 0 Å². The first-order chi connectivity index (χ1) is 12.4. The summed E-state index contributed by atoms with van der Waals surface area (Å²) in [6.45, 7) is 6.39. The predicted molar refractivity (Wildman–Crippen MR) is 101 cm³/mol. The molecule has 2 saturated heterocycles. The third kappa shape index (κ3) is 2.64. The molecule has 2 aliphatic heterocycles. The predicted octanol–water partition coefficient (Wildman–Crippen LogP) is 2.54. The van der Waals surface area contributed by atoms with Gasteiger partial charge < -0.3 is 4.90 Å². The van der Waals surface area contributed by atoms with E-state index in [-0.39, 0.29) is 11.9 Å². The van der Waals surface area contributed by atoms with Gasteiger partial charge in [-0.1, -0.05) is 38.1 Å². The van der Waals surface area contributed by atoms with E-state index in [1.807, 2.05) is 20.9 Å². The van der Waals surface area contributed by atoms with Crippen LogP contribution < -0.4 is 0 Å². The molecule has 1 aliphatic carbocycles. The summed E-state index contributed by atoms with van der Waals surface area (Å²) in [7, 11) is 1.81. The smallest absolute Gasteiger partial charge is 0.312 e. The molecule has 1 aromatic rings. The van der Waals surface area contributed by atoms with E-state index in [4.69, 9.17) is 0 Å². The molecule has 4 rings (SSSR count). The summed E-state index contributed by atoms with van der Waals surface area (Å²) in [6.07, 6.45) is 3.70. The zero-order chi connectivity index (χ0) is 18.5. The van der Waals surface area contributed by atoms with Gasteiger partial charge in [-0.25, -0.2) is 4.79 Å². The van der Waals surface area contributed by atoms with Crippen LogP contribution in [0.3, 0.4) is 0 Å². The number of carbonyl (C=O) groups excluding carboxylic acids is 2. The van der Waals surface area contributed by atoms with Crippen LogP contribution in [0, 0.1) is 5.92 Å². The minimum absolute atomic E-state index is 0.0214. The highest BCUT2D eigenvalue weighted by atomic mass is 16.2. The summed E-state index contributed by atoms with van der Waals surface area (Å²) in [5.74, 6) is 0.316. The van der Waals surface area contributed by atoms with Crippen molar-refractivity contribution in [2.45, 2.75) is 51.1 Å². The number of likely N-dealkylation sites (tertiary alicyclic amines) is 1. The van der Waals surface area contributed by atoms with Gasteiger partial charge in [0.1, 0.15) is 5.54 Å². The fourth-order valence-corrected chi connectivity index (χ4v) is 4.97. The Balaban J connectivity index is 1.45. The first kappa shape index (κ1) is 17.5. The lowest BCUT2D eigenvalue weighted by Gasteiger charge is -2.43. The summed E-state index contributed by atoms with van der Waals surface area (Å²) in [5.41, 5.74) is 2.31. The summed E-state index contributed by atoms with van der Waals surface area (Å²) < 4.78 is 0. The lowest BCUT2D eigenvalue weighted by atomic mass is 9.85. The quantitative estimate of drug-likeness (QED) is 0.783. The van der Waals surface area contributed by atoms with Gasteiger partial charge in [-0.15, -0.1) is 0 Å². The topological polar surface area (TPSA) is 43.9 Å². The molecular formula is C21H29N3O2. The number of hydrogen-bond acceptors (Lipinski definition) is 3. The van der Waals surface area contributed by atoms with Crippen LogP contribution in [0.15, 0.2) is 24.3 Å². The van der Waals surface area contributed by atoms with Crippen molar-refractivity contribution in [3.63, 3.8) is 0 Å². The molecule has 3 amide bonds. The molecule has 0 N–H and O–H groups in total. The Morgan fingerprint density at radius 1 is 1.08 bits per heavy atom. The third-order valence-corrected chi connectivity index (χ3v) is 6.52. The summed E-state index contributed by atoms with van der Waals surface area (Å²) in [6, 6.07) is 9.12. The SMILES string of the molecule is CC(C)CN1C(=O)N(C)C2(CCN(C3Cc4ccccc4C3)CC2)C1=O. The Bertz CT molecular complexity index is 697. The zero-order valence-corrected chi connectivity index (χ0v) is 16.1. The third-order valence-electron chi connectivity index (χ3n) is 6.52. The van der Waals surface area contributed by atoms with Crippen LogP contribution in [0.1, 0.15) is 37.8 Å². The van der Waals surface area contributed by atoms with Crippen molar-refractivity contribution in [1.82, 2.24) is 14.7 Å². The second-order valence-corrected chi connectivity index (χ2v) is 8.55. The van der Waals surface area contributed by atoms with Crippen LogP contribution >= 0.6 is 0 Å². The van der Waals surface area contributed by atoms with Crippen molar-refractivity contribution in [1.29, 1.82) is 0 Å². The number of imide groups is 1. The number of rotatable bonds is 3. The van der Waals surface area contributed by atoms with Crippen LogP contribution in [0.25, 0.3) is 0 Å². The van der Waals surface area contributed by atoms with Crippen LogP contribution in [0.2, 0.25) is 0 Å². The second-order valence-electron chi connectivity index (χ2n) is 8.55. The van der Waals surface area contributed by atoms with Crippen LogP contribution in [-0.4, -0.2) is 64.9 Å². The van der Waals surface area contributed by atoms with E-state index >= 15 is 0 Å². The number of piperidine rings is 1. The minimum atomic E-state index is -0.617. The Morgan fingerprint density at radius 2 is 1.65 bits per heavy atom. The van der Waals surface area contributed by atoms with Crippen molar-refractivity contribution >= 4 is 11.9 Å². The van der Waals surface area contributed by atoms with Crippen molar-refractivity contribution in [3.05, 3.63) is 35.4 Å². The van der Waals surface area contributed by atoms with Gasteiger partial charge in [-0.2, -0.15) is 0 Å². The minimum Gasteiger partial charge on any atom is -0.312 e. The van der Waals surface area contributed by atoms with Crippen molar-refractivity contribution in [2.24, 2.45) is 5.92 Å². The molecule has 1 spiro atoms. The molecular weight excluding hydrogens is 326 g/mol. The van der Waals surface area contributed by atoms with E-state index < -0.39 is 5.54 Å². The van der Waals surface area contributed by atoms with Gasteiger partial charge >= 0.3 is 6.03 Å². The molecule has 5 heteroatoms. The van der Waals surface area contributed by atoms with Gasteiger partial charge in [-0.3, -0.25) is 14.6 Å². The second kappa shape index (κ2) is 6.38. The first-order valence-electron chi connectivity index (χ1n) is 9.83. The highest BCUT2D eigenvalue weighted by Crippen LogP contribution is 2.38. The average molecular weight is 355 g/mol. The Labute approximate surface area is 155 Å². The summed E-state index contributed by atoms with van der Waals surface area (Å²) >= 11 is 0. The van der Waals surface area contributed by atoms with E-state index in [2.05, 4.69) is 29.2 Å². The standard InChI is InChI=1S/C21H29N3O2/c1-15(2)14-24-19(25)21(22(3)20(24)26)8-10-23(11-9-21)18-12-16-6-4-5-7-17(16)13-18/h4-7,15,18H,8-14H2,1-3H3. The molecule has 1 aromatic carbocycles. The number of likely N-dealkylation sites (N-methyl/N-ethyl adjacent to an activating group) is 1. The molecule has 0 aromatic heterocycles. The maximum Gasteiger partial charge on any atom is 0.327 e. The highest BCUT2D eigenvalue weighted by Gasteiger charge is 2.56. The van der Waals surface area contributed by atoms with E-state index in [0.29, 0.717) is 18.5 Å². The number of amides is 3. The number of urea groups is 1. The van der Waals surface area contributed by atoms with Crippen LogP contribution in [0.4, 0.5) is 4.79 Å². The van der Waals surface area contributed by atoms with E-state index in [0.717, 1.165) is 38.8 Å². The van der Waals surface area contributed by atoms with E-state index in [1.165, 1.54) is 16.0 Å². The molecule has 0 bridgehead atoms. The van der Waals surface area contributed by atoms with Gasteiger partial charge in [0.05, 0.1) is 0 Å². The number of carbonyl (C=O) groups is 2. The number of nitrogens with zero attached hydrogens (tertiary/aromatic N) is 3. The average Bonchev–Trinajstić information content (AvgIpc) is 3.13.